The number of para-hydroxylation sites is 2. The molecule has 0 unspecified atom stereocenters. The van der Waals surface area contributed by atoms with E-state index in [1.807, 2.05) is 38.4 Å². The van der Waals surface area contributed by atoms with Gasteiger partial charge in [-0.25, -0.2) is 4.98 Å². The van der Waals surface area contributed by atoms with Crippen LogP contribution in [-0.2, 0) is 6.54 Å². The minimum Gasteiger partial charge on any atom is -0.496 e. The summed E-state index contributed by atoms with van der Waals surface area (Å²) < 4.78 is 5.44. The molecule has 3 aromatic rings. The van der Waals surface area contributed by atoms with Crippen LogP contribution in [0.1, 0.15) is 37.7 Å². The monoisotopic (exact) mass is 433 g/mol. The average Bonchev–Trinajstić information content (AvgIpc) is 2.82. The highest BCUT2D eigenvalue weighted by molar-refractivity contribution is 5.90. The number of methoxy groups -OCH3 is 1. The number of hydrogen-bond acceptors (Lipinski definition) is 6. The van der Waals surface area contributed by atoms with E-state index in [4.69, 9.17) is 14.7 Å². The summed E-state index contributed by atoms with van der Waals surface area (Å²) >= 11 is 0. The predicted octanol–water partition coefficient (Wildman–Crippen LogP) is 4.86. The van der Waals surface area contributed by atoms with Crippen molar-refractivity contribution in [1.82, 2.24) is 15.3 Å². The first-order valence-electron chi connectivity index (χ1n) is 11.7. The van der Waals surface area contributed by atoms with E-state index >= 15 is 0 Å². The van der Waals surface area contributed by atoms with Gasteiger partial charge in [-0.2, -0.15) is 4.98 Å². The molecule has 0 amide bonds. The number of nitrogens with one attached hydrogen (secondary N) is 2. The Morgan fingerprint density at radius 1 is 0.969 bits per heavy atom. The molecule has 0 bridgehead atoms. The van der Waals surface area contributed by atoms with Gasteiger partial charge in [-0.05, 0) is 62.8 Å². The van der Waals surface area contributed by atoms with Gasteiger partial charge >= 0.3 is 0 Å². The standard InChI is InChI=1S/C26H35N5O/c1-31(2)25-22-9-5-6-10-23(22)29-26(30-25)28-21-14-12-19(13-15-21)16-17-27-18-20-8-4-7-11-24(20)32-3/h4-11,19,21,27H,12-18H2,1-3H3,(H,28,29,30)/t19-,21+. The smallest absolute Gasteiger partial charge is 0.225 e. The SMILES string of the molecule is COc1ccccc1CNCC[C@H]1CC[C@@H](Nc2nc(N(C)C)c3ccccc3n2)CC1. The highest BCUT2D eigenvalue weighted by Gasteiger charge is 2.22. The van der Waals surface area contributed by atoms with Gasteiger partial charge in [0.25, 0.3) is 0 Å². The molecule has 1 heterocycles. The largest absolute Gasteiger partial charge is 0.496 e. The molecule has 0 atom stereocenters. The van der Waals surface area contributed by atoms with Crippen LogP contribution in [0.15, 0.2) is 48.5 Å². The number of aromatic nitrogens is 2. The van der Waals surface area contributed by atoms with Crippen LogP contribution in [0, 0.1) is 5.92 Å². The van der Waals surface area contributed by atoms with Gasteiger partial charge in [-0.1, -0.05) is 30.3 Å². The Labute approximate surface area is 191 Å². The molecule has 1 aromatic heterocycles. The van der Waals surface area contributed by atoms with Gasteiger partial charge < -0.3 is 20.3 Å². The first kappa shape index (κ1) is 22.3. The molecular weight excluding hydrogens is 398 g/mol. The molecule has 1 saturated carbocycles. The van der Waals surface area contributed by atoms with Crippen molar-refractivity contribution in [1.29, 1.82) is 0 Å². The molecule has 32 heavy (non-hydrogen) atoms. The van der Waals surface area contributed by atoms with E-state index in [9.17, 15) is 0 Å². The maximum atomic E-state index is 5.44. The van der Waals surface area contributed by atoms with Gasteiger partial charge in [0.1, 0.15) is 11.6 Å². The molecule has 6 nitrogen and oxygen atoms in total. The van der Waals surface area contributed by atoms with E-state index in [0.717, 1.165) is 47.4 Å². The Balaban J connectivity index is 1.25. The molecular formula is C26H35N5O. The van der Waals surface area contributed by atoms with Gasteiger partial charge in [0.2, 0.25) is 5.95 Å². The Morgan fingerprint density at radius 3 is 2.50 bits per heavy atom. The lowest BCUT2D eigenvalue weighted by Gasteiger charge is -2.29. The van der Waals surface area contributed by atoms with Crippen LogP contribution < -0.4 is 20.3 Å². The summed E-state index contributed by atoms with van der Waals surface area (Å²) in [5.74, 6) is 3.45. The minimum absolute atomic E-state index is 0.448. The molecule has 2 aromatic carbocycles. The maximum absolute atomic E-state index is 5.44. The topological polar surface area (TPSA) is 62.3 Å². The third kappa shape index (κ3) is 5.49. The molecule has 0 aliphatic heterocycles. The summed E-state index contributed by atoms with van der Waals surface area (Å²) in [5, 5.41) is 8.29. The van der Waals surface area contributed by atoms with Gasteiger partial charge in [-0.3, -0.25) is 0 Å². The summed E-state index contributed by atoms with van der Waals surface area (Å²) in [7, 11) is 5.80. The number of fused-ring (bicyclic) bond motifs is 1. The molecule has 1 aliphatic rings. The molecule has 1 fully saturated rings. The molecule has 0 spiro atoms. The number of benzene rings is 2. The van der Waals surface area contributed by atoms with Crippen molar-refractivity contribution in [2.24, 2.45) is 5.92 Å². The fraction of sp³-hybridized carbons (Fsp3) is 0.462. The summed E-state index contributed by atoms with van der Waals surface area (Å²) in [6.45, 7) is 1.90. The fourth-order valence-electron chi connectivity index (χ4n) is 4.62. The lowest BCUT2D eigenvalue weighted by atomic mass is 9.84. The normalized spacial score (nSPS) is 18.5. The van der Waals surface area contributed by atoms with Crippen LogP contribution in [0.5, 0.6) is 5.75 Å². The van der Waals surface area contributed by atoms with E-state index in [2.05, 4.69) is 39.8 Å². The Kier molecular flexibility index (Phi) is 7.43. The van der Waals surface area contributed by atoms with Gasteiger partial charge in [0.05, 0.1) is 12.6 Å². The number of nitrogens with zero attached hydrogens (tertiary/aromatic N) is 3. The number of hydrogen-bond donors (Lipinski definition) is 2. The first-order chi connectivity index (χ1) is 15.6. The Hall–Kier alpha value is -2.86. The van der Waals surface area contributed by atoms with Crippen LogP contribution in [-0.4, -0.2) is 43.8 Å². The Morgan fingerprint density at radius 2 is 1.72 bits per heavy atom. The van der Waals surface area contributed by atoms with Crippen molar-refractivity contribution in [3.05, 3.63) is 54.1 Å². The molecule has 4 rings (SSSR count). The van der Waals surface area contributed by atoms with E-state index in [-0.39, 0.29) is 0 Å². The second-order valence-corrected chi connectivity index (χ2v) is 8.92. The summed E-state index contributed by atoms with van der Waals surface area (Å²) in [6, 6.07) is 16.9. The van der Waals surface area contributed by atoms with Crippen LogP contribution in [0.3, 0.4) is 0 Å². The minimum atomic E-state index is 0.448. The van der Waals surface area contributed by atoms with Gasteiger partial charge in [-0.15, -0.1) is 0 Å². The quantitative estimate of drug-likeness (QED) is 0.470. The van der Waals surface area contributed by atoms with Crippen LogP contribution in [0.4, 0.5) is 11.8 Å². The summed E-state index contributed by atoms with van der Waals surface area (Å²) in [5.41, 5.74) is 2.21. The van der Waals surface area contributed by atoms with E-state index in [1.165, 1.54) is 37.7 Å². The molecule has 170 valence electrons. The van der Waals surface area contributed by atoms with Gasteiger partial charge in [0.15, 0.2) is 0 Å². The van der Waals surface area contributed by atoms with Crippen LogP contribution in [0.25, 0.3) is 10.9 Å². The van der Waals surface area contributed by atoms with E-state index in [0.29, 0.717) is 6.04 Å². The van der Waals surface area contributed by atoms with Crippen molar-refractivity contribution >= 4 is 22.7 Å². The first-order valence-corrected chi connectivity index (χ1v) is 11.7. The number of rotatable bonds is 9. The zero-order valence-electron chi connectivity index (χ0n) is 19.5. The van der Waals surface area contributed by atoms with Crippen LogP contribution >= 0.6 is 0 Å². The number of ether oxygens (including phenoxy) is 1. The fourth-order valence-corrected chi connectivity index (χ4v) is 4.62. The molecule has 6 heteroatoms. The third-order valence-electron chi connectivity index (χ3n) is 6.42. The lowest BCUT2D eigenvalue weighted by Crippen LogP contribution is -2.28. The number of anilines is 2. The molecule has 1 aliphatic carbocycles. The molecule has 2 N–H and O–H groups in total. The highest BCUT2D eigenvalue weighted by atomic mass is 16.5. The third-order valence-corrected chi connectivity index (χ3v) is 6.42. The summed E-state index contributed by atoms with van der Waals surface area (Å²) in [6.07, 6.45) is 6.07. The van der Waals surface area contributed by atoms with Crippen molar-refractivity contribution in [2.75, 3.05) is 38.0 Å². The average molecular weight is 434 g/mol. The molecule has 0 saturated heterocycles. The zero-order valence-corrected chi connectivity index (χ0v) is 19.5. The predicted molar refractivity (Wildman–Crippen MR) is 133 cm³/mol. The van der Waals surface area contributed by atoms with Gasteiger partial charge in [0, 0.05) is 37.6 Å². The van der Waals surface area contributed by atoms with Crippen molar-refractivity contribution in [3.8, 4) is 5.75 Å². The van der Waals surface area contributed by atoms with E-state index in [1.54, 1.807) is 7.11 Å². The van der Waals surface area contributed by atoms with E-state index < -0.39 is 0 Å². The lowest BCUT2D eigenvalue weighted by molar-refractivity contribution is 0.316. The maximum Gasteiger partial charge on any atom is 0.225 e. The second-order valence-electron chi connectivity index (χ2n) is 8.92. The van der Waals surface area contributed by atoms with Crippen molar-refractivity contribution in [2.45, 2.75) is 44.7 Å². The Bertz CT molecular complexity index is 1010. The highest BCUT2D eigenvalue weighted by Crippen LogP contribution is 2.29. The van der Waals surface area contributed by atoms with Crippen LogP contribution in [0.2, 0.25) is 0 Å². The molecule has 0 radical (unpaired) electrons. The summed E-state index contributed by atoms with van der Waals surface area (Å²) in [4.78, 5) is 11.6. The van der Waals surface area contributed by atoms with Crippen molar-refractivity contribution < 1.29 is 4.74 Å². The second kappa shape index (κ2) is 10.6. The zero-order chi connectivity index (χ0) is 22.3. The van der Waals surface area contributed by atoms with Crippen molar-refractivity contribution in [3.63, 3.8) is 0 Å².